The quantitative estimate of drug-likeness (QED) is 0.843. The third-order valence-corrected chi connectivity index (χ3v) is 3.14. The van der Waals surface area contributed by atoms with Gasteiger partial charge in [-0.1, -0.05) is 0 Å². The summed E-state index contributed by atoms with van der Waals surface area (Å²) < 4.78 is 1.95. The van der Waals surface area contributed by atoms with Crippen LogP contribution in [-0.2, 0) is 4.79 Å². The Bertz CT molecular complexity index is 361. The van der Waals surface area contributed by atoms with Crippen molar-refractivity contribution in [3.8, 4) is 0 Å². The van der Waals surface area contributed by atoms with E-state index >= 15 is 0 Å². The number of hydrogen-bond acceptors (Lipinski definition) is 3. The van der Waals surface area contributed by atoms with Crippen molar-refractivity contribution in [2.75, 3.05) is 13.1 Å². The molecule has 1 fully saturated rings. The molecule has 1 amide bonds. The van der Waals surface area contributed by atoms with Gasteiger partial charge in [-0.2, -0.15) is 5.10 Å². The van der Waals surface area contributed by atoms with Crippen LogP contribution in [0.15, 0.2) is 18.5 Å². The van der Waals surface area contributed by atoms with Crippen LogP contribution in [0, 0.1) is 0 Å². The summed E-state index contributed by atoms with van der Waals surface area (Å²) in [6.07, 6.45) is 6.30. The molecule has 5 nitrogen and oxygen atoms in total. The Morgan fingerprint density at radius 1 is 1.65 bits per heavy atom. The van der Waals surface area contributed by atoms with Gasteiger partial charge in [0.05, 0.1) is 6.04 Å². The average Bonchev–Trinajstić information content (AvgIpc) is 2.82. The van der Waals surface area contributed by atoms with E-state index in [0.29, 0.717) is 12.5 Å². The SMILES string of the molecule is CC(N)CC(=O)N1CCCC(n2cccn2)C1. The fourth-order valence-corrected chi connectivity index (χ4v) is 2.30. The Labute approximate surface area is 102 Å². The predicted molar refractivity (Wildman–Crippen MR) is 65.3 cm³/mol. The van der Waals surface area contributed by atoms with Crippen molar-refractivity contribution >= 4 is 5.91 Å². The number of nitrogens with two attached hydrogens (primary N) is 1. The van der Waals surface area contributed by atoms with Crippen LogP contribution in [0.1, 0.15) is 32.2 Å². The molecule has 0 bridgehead atoms. The number of nitrogens with zero attached hydrogens (tertiary/aromatic N) is 3. The highest BCUT2D eigenvalue weighted by Gasteiger charge is 2.25. The Kier molecular flexibility index (Phi) is 3.78. The molecule has 0 radical (unpaired) electrons. The number of carbonyl (C=O) groups is 1. The van der Waals surface area contributed by atoms with E-state index in [0.717, 1.165) is 25.9 Å². The summed E-state index contributed by atoms with van der Waals surface area (Å²) >= 11 is 0. The lowest BCUT2D eigenvalue weighted by Gasteiger charge is -2.33. The Morgan fingerprint density at radius 2 is 2.47 bits per heavy atom. The smallest absolute Gasteiger partial charge is 0.224 e. The molecule has 17 heavy (non-hydrogen) atoms. The number of hydrogen-bond donors (Lipinski definition) is 1. The topological polar surface area (TPSA) is 64.2 Å². The third-order valence-electron chi connectivity index (χ3n) is 3.14. The van der Waals surface area contributed by atoms with E-state index < -0.39 is 0 Å². The lowest BCUT2D eigenvalue weighted by atomic mass is 10.0. The Hall–Kier alpha value is -1.36. The second-order valence-corrected chi connectivity index (χ2v) is 4.80. The van der Waals surface area contributed by atoms with Crippen LogP contribution in [0.5, 0.6) is 0 Å². The fourth-order valence-electron chi connectivity index (χ4n) is 2.30. The van der Waals surface area contributed by atoms with Crippen LogP contribution in [0.3, 0.4) is 0 Å². The Balaban J connectivity index is 1.95. The summed E-state index contributed by atoms with van der Waals surface area (Å²) in [7, 11) is 0. The molecule has 2 rings (SSSR count). The van der Waals surface area contributed by atoms with Gasteiger partial charge in [-0.25, -0.2) is 0 Å². The van der Waals surface area contributed by atoms with E-state index in [1.807, 2.05) is 28.8 Å². The summed E-state index contributed by atoms with van der Waals surface area (Å²) in [4.78, 5) is 13.9. The molecular weight excluding hydrogens is 216 g/mol. The zero-order valence-electron chi connectivity index (χ0n) is 10.2. The molecule has 1 aromatic rings. The molecule has 2 unspecified atom stereocenters. The third kappa shape index (κ3) is 3.06. The van der Waals surface area contributed by atoms with Gasteiger partial charge in [0, 0.05) is 37.9 Å². The summed E-state index contributed by atoms with van der Waals surface area (Å²) in [5, 5.41) is 4.25. The predicted octanol–water partition coefficient (Wildman–Crippen LogP) is 0.784. The molecule has 0 saturated carbocycles. The van der Waals surface area contributed by atoms with E-state index in [9.17, 15) is 4.79 Å². The van der Waals surface area contributed by atoms with Gasteiger partial charge in [0.1, 0.15) is 0 Å². The molecule has 1 aliphatic rings. The molecule has 1 aliphatic heterocycles. The van der Waals surface area contributed by atoms with E-state index in [4.69, 9.17) is 5.73 Å². The van der Waals surface area contributed by atoms with E-state index in [1.54, 1.807) is 6.20 Å². The van der Waals surface area contributed by atoms with Gasteiger partial charge < -0.3 is 10.6 Å². The summed E-state index contributed by atoms with van der Waals surface area (Å²) in [6, 6.07) is 2.17. The number of aromatic nitrogens is 2. The van der Waals surface area contributed by atoms with Crippen molar-refractivity contribution in [1.29, 1.82) is 0 Å². The van der Waals surface area contributed by atoms with Gasteiger partial charge >= 0.3 is 0 Å². The minimum atomic E-state index is -0.0624. The van der Waals surface area contributed by atoms with Crippen LogP contribution < -0.4 is 5.73 Å². The van der Waals surface area contributed by atoms with Crippen molar-refractivity contribution < 1.29 is 4.79 Å². The molecule has 1 saturated heterocycles. The van der Waals surface area contributed by atoms with Gasteiger partial charge in [0.25, 0.3) is 0 Å². The maximum atomic E-state index is 11.9. The highest BCUT2D eigenvalue weighted by Crippen LogP contribution is 2.21. The van der Waals surface area contributed by atoms with Crippen molar-refractivity contribution in [2.45, 2.75) is 38.3 Å². The van der Waals surface area contributed by atoms with Gasteiger partial charge in [-0.05, 0) is 25.8 Å². The largest absolute Gasteiger partial charge is 0.341 e. The molecular formula is C12H20N4O. The molecule has 0 aliphatic carbocycles. The standard InChI is InChI=1S/C12H20N4O/c1-10(13)8-12(17)15-6-2-4-11(9-15)16-7-3-5-14-16/h3,5,7,10-11H,2,4,6,8-9,13H2,1H3. The van der Waals surface area contributed by atoms with E-state index in [2.05, 4.69) is 5.10 Å². The number of piperidine rings is 1. The second kappa shape index (κ2) is 5.31. The monoisotopic (exact) mass is 236 g/mol. The summed E-state index contributed by atoms with van der Waals surface area (Å²) in [5.74, 6) is 0.164. The highest BCUT2D eigenvalue weighted by atomic mass is 16.2. The lowest BCUT2D eigenvalue weighted by molar-refractivity contribution is -0.133. The van der Waals surface area contributed by atoms with Gasteiger partial charge in [0.2, 0.25) is 5.91 Å². The van der Waals surface area contributed by atoms with Gasteiger partial charge in [-0.3, -0.25) is 9.48 Å². The van der Waals surface area contributed by atoms with E-state index in [1.165, 1.54) is 0 Å². The highest BCUT2D eigenvalue weighted by molar-refractivity contribution is 5.76. The zero-order valence-corrected chi connectivity index (χ0v) is 10.2. The molecule has 2 N–H and O–H groups in total. The fraction of sp³-hybridized carbons (Fsp3) is 0.667. The molecule has 2 atom stereocenters. The Morgan fingerprint density at radius 3 is 3.12 bits per heavy atom. The van der Waals surface area contributed by atoms with Crippen molar-refractivity contribution in [3.05, 3.63) is 18.5 Å². The van der Waals surface area contributed by atoms with E-state index in [-0.39, 0.29) is 11.9 Å². The molecule has 94 valence electrons. The zero-order chi connectivity index (χ0) is 12.3. The van der Waals surface area contributed by atoms with Crippen LogP contribution in [0.4, 0.5) is 0 Å². The maximum absolute atomic E-state index is 11.9. The second-order valence-electron chi connectivity index (χ2n) is 4.80. The number of likely N-dealkylation sites (tertiary alicyclic amines) is 1. The van der Waals surface area contributed by atoms with Crippen LogP contribution in [0.2, 0.25) is 0 Å². The normalized spacial score (nSPS) is 22.5. The van der Waals surface area contributed by atoms with Crippen molar-refractivity contribution in [1.82, 2.24) is 14.7 Å². The van der Waals surface area contributed by atoms with Gasteiger partial charge in [0.15, 0.2) is 0 Å². The molecule has 1 aromatic heterocycles. The van der Waals surface area contributed by atoms with Gasteiger partial charge in [-0.15, -0.1) is 0 Å². The minimum absolute atomic E-state index is 0.0624. The molecule has 5 heteroatoms. The molecule has 0 aromatic carbocycles. The molecule has 2 heterocycles. The number of carbonyl (C=O) groups excluding carboxylic acids is 1. The first-order chi connectivity index (χ1) is 8.16. The van der Waals surface area contributed by atoms with Crippen LogP contribution in [-0.4, -0.2) is 39.7 Å². The minimum Gasteiger partial charge on any atom is -0.341 e. The average molecular weight is 236 g/mol. The first kappa shape index (κ1) is 12.1. The van der Waals surface area contributed by atoms with Crippen LogP contribution in [0.25, 0.3) is 0 Å². The molecule has 0 spiro atoms. The summed E-state index contributed by atoms with van der Waals surface area (Å²) in [5.41, 5.74) is 5.66. The number of amides is 1. The first-order valence-corrected chi connectivity index (χ1v) is 6.19. The number of rotatable bonds is 3. The maximum Gasteiger partial charge on any atom is 0.224 e. The van der Waals surface area contributed by atoms with Crippen LogP contribution >= 0.6 is 0 Å². The summed E-state index contributed by atoms with van der Waals surface area (Å²) in [6.45, 7) is 3.48. The van der Waals surface area contributed by atoms with Crippen molar-refractivity contribution in [2.24, 2.45) is 5.73 Å². The lowest BCUT2D eigenvalue weighted by Crippen LogP contribution is -2.42. The first-order valence-electron chi connectivity index (χ1n) is 6.19. The van der Waals surface area contributed by atoms with Crippen molar-refractivity contribution in [3.63, 3.8) is 0 Å².